The molecule has 2 aromatic rings. The van der Waals surface area contributed by atoms with E-state index in [4.69, 9.17) is 33.7 Å². The normalized spacial score (nSPS) is 13.8. The molecule has 2 unspecified atom stereocenters. The van der Waals surface area contributed by atoms with Crippen molar-refractivity contribution < 1.29 is 9.84 Å². The second-order valence-corrected chi connectivity index (χ2v) is 5.57. The van der Waals surface area contributed by atoms with Gasteiger partial charge in [-0.05, 0) is 35.9 Å². The zero-order valence-electron chi connectivity index (χ0n) is 11.6. The highest BCUT2D eigenvalue weighted by Gasteiger charge is 2.24. The highest BCUT2D eigenvalue weighted by Crippen LogP contribution is 2.36. The van der Waals surface area contributed by atoms with E-state index < -0.39 is 6.10 Å². The number of hydrogen-bond acceptors (Lipinski definition) is 3. The third-order valence-corrected chi connectivity index (χ3v) is 4.01. The quantitative estimate of drug-likeness (QED) is 0.879. The first-order valence-electron chi connectivity index (χ1n) is 6.54. The zero-order chi connectivity index (χ0) is 15.4. The van der Waals surface area contributed by atoms with E-state index in [0.717, 1.165) is 11.3 Å². The Morgan fingerprint density at radius 3 is 2.62 bits per heavy atom. The van der Waals surface area contributed by atoms with Crippen LogP contribution in [0.2, 0.25) is 10.0 Å². The molecular weight excluding hydrogens is 309 g/mol. The number of hydrogen-bond donors (Lipinski definition) is 2. The zero-order valence-corrected chi connectivity index (χ0v) is 13.1. The molecule has 0 spiro atoms. The molecule has 2 rings (SSSR count). The van der Waals surface area contributed by atoms with E-state index in [1.165, 1.54) is 0 Å². The number of halogens is 2. The molecule has 0 radical (unpaired) electrons. The van der Waals surface area contributed by atoms with E-state index in [9.17, 15) is 5.11 Å². The van der Waals surface area contributed by atoms with Gasteiger partial charge in [-0.1, -0.05) is 35.3 Å². The van der Waals surface area contributed by atoms with E-state index in [1.807, 2.05) is 24.3 Å². The highest BCUT2D eigenvalue weighted by molar-refractivity contribution is 6.33. The molecule has 0 aliphatic rings. The van der Waals surface area contributed by atoms with E-state index in [2.05, 4.69) is 0 Å². The fourth-order valence-electron chi connectivity index (χ4n) is 2.28. The standard InChI is InChI=1S/C16H17Cl2NO2/c1-21-12-4-2-3-10(7-12)14(9-19)16(20)13-8-11(17)5-6-15(13)18/h2-8,14,16,20H,9,19H2,1H3. The van der Waals surface area contributed by atoms with Crippen molar-refractivity contribution in [1.82, 2.24) is 0 Å². The first kappa shape index (κ1) is 16.1. The lowest BCUT2D eigenvalue weighted by atomic mass is 9.89. The topological polar surface area (TPSA) is 55.5 Å². The summed E-state index contributed by atoms with van der Waals surface area (Å²) in [6.07, 6.45) is -0.840. The van der Waals surface area contributed by atoms with E-state index >= 15 is 0 Å². The summed E-state index contributed by atoms with van der Waals surface area (Å²) in [5.74, 6) is 0.423. The van der Waals surface area contributed by atoms with Crippen LogP contribution in [0.25, 0.3) is 0 Å². The lowest BCUT2D eigenvalue weighted by molar-refractivity contribution is 0.147. The summed E-state index contributed by atoms with van der Waals surface area (Å²) in [4.78, 5) is 0. The Morgan fingerprint density at radius 2 is 1.95 bits per heavy atom. The van der Waals surface area contributed by atoms with Crippen molar-refractivity contribution in [2.75, 3.05) is 13.7 Å². The van der Waals surface area contributed by atoms with E-state index in [1.54, 1.807) is 25.3 Å². The maximum Gasteiger partial charge on any atom is 0.119 e. The lowest BCUT2D eigenvalue weighted by Crippen LogP contribution is -2.20. The number of aliphatic hydroxyl groups is 1. The van der Waals surface area contributed by atoms with Gasteiger partial charge >= 0.3 is 0 Å². The van der Waals surface area contributed by atoms with Crippen molar-refractivity contribution >= 4 is 23.2 Å². The summed E-state index contributed by atoms with van der Waals surface area (Å²) in [7, 11) is 1.60. The molecule has 0 heterocycles. The number of ether oxygens (including phenoxy) is 1. The number of nitrogens with two attached hydrogens (primary N) is 1. The molecule has 0 saturated carbocycles. The maximum atomic E-state index is 10.6. The second kappa shape index (κ2) is 7.14. The van der Waals surface area contributed by atoms with Crippen molar-refractivity contribution in [3.05, 3.63) is 63.6 Å². The monoisotopic (exact) mass is 325 g/mol. The van der Waals surface area contributed by atoms with Crippen LogP contribution in [0, 0.1) is 0 Å². The van der Waals surface area contributed by atoms with E-state index in [-0.39, 0.29) is 12.5 Å². The van der Waals surface area contributed by atoms with Gasteiger partial charge in [0.15, 0.2) is 0 Å². The smallest absolute Gasteiger partial charge is 0.119 e. The summed E-state index contributed by atoms with van der Waals surface area (Å²) in [5, 5.41) is 11.6. The first-order chi connectivity index (χ1) is 10.1. The molecule has 112 valence electrons. The lowest BCUT2D eigenvalue weighted by Gasteiger charge is -2.23. The van der Waals surface area contributed by atoms with Crippen LogP contribution in [0.4, 0.5) is 0 Å². The summed E-state index contributed by atoms with van der Waals surface area (Å²) in [6.45, 7) is 0.275. The summed E-state index contributed by atoms with van der Waals surface area (Å²) >= 11 is 12.1. The SMILES string of the molecule is COc1cccc(C(CN)C(O)c2cc(Cl)ccc2Cl)c1. The summed E-state index contributed by atoms with van der Waals surface area (Å²) in [5.41, 5.74) is 7.31. The van der Waals surface area contributed by atoms with Crippen molar-refractivity contribution in [2.24, 2.45) is 5.73 Å². The average molecular weight is 326 g/mol. The molecule has 0 aliphatic carbocycles. The molecule has 2 aromatic carbocycles. The average Bonchev–Trinajstić information content (AvgIpc) is 2.50. The fourth-order valence-corrected chi connectivity index (χ4v) is 2.69. The van der Waals surface area contributed by atoms with Gasteiger partial charge in [0.05, 0.1) is 13.2 Å². The second-order valence-electron chi connectivity index (χ2n) is 4.73. The summed E-state index contributed by atoms with van der Waals surface area (Å²) in [6, 6.07) is 12.5. The van der Waals surface area contributed by atoms with Gasteiger partial charge < -0.3 is 15.6 Å². The Hall–Kier alpha value is -1.26. The molecule has 0 bridgehead atoms. The van der Waals surface area contributed by atoms with Gasteiger partial charge in [0, 0.05) is 28.1 Å². The third kappa shape index (κ3) is 3.69. The minimum Gasteiger partial charge on any atom is -0.497 e. The fraction of sp³-hybridized carbons (Fsp3) is 0.250. The minimum atomic E-state index is -0.840. The van der Waals surface area contributed by atoms with Crippen LogP contribution in [0.15, 0.2) is 42.5 Å². The van der Waals surface area contributed by atoms with Crippen LogP contribution in [0.3, 0.4) is 0 Å². The number of aliphatic hydroxyl groups excluding tert-OH is 1. The maximum absolute atomic E-state index is 10.6. The molecule has 3 N–H and O–H groups in total. The van der Waals surface area contributed by atoms with Gasteiger partial charge in [0.2, 0.25) is 0 Å². The van der Waals surface area contributed by atoms with Crippen LogP contribution in [0.1, 0.15) is 23.1 Å². The third-order valence-electron chi connectivity index (χ3n) is 3.43. The molecular formula is C16H17Cl2NO2. The molecule has 5 heteroatoms. The van der Waals surface area contributed by atoms with Crippen LogP contribution in [-0.4, -0.2) is 18.8 Å². The number of benzene rings is 2. The van der Waals surface area contributed by atoms with Crippen molar-refractivity contribution in [1.29, 1.82) is 0 Å². The first-order valence-corrected chi connectivity index (χ1v) is 7.29. The molecule has 2 atom stereocenters. The Balaban J connectivity index is 2.37. The molecule has 0 amide bonds. The predicted octanol–water partition coefficient (Wildman–Crippen LogP) is 3.78. The number of methoxy groups -OCH3 is 1. The Bertz CT molecular complexity index is 619. The van der Waals surface area contributed by atoms with Gasteiger partial charge in [-0.2, -0.15) is 0 Å². The molecule has 21 heavy (non-hydrogen) atoms. The van der Waals surface area contributed by atoms with Crippen molar-refractivity contribution in [3.63, 3.8) is 0 Å². The highest BCUT2D eigenvalue weighted by atomic mass is 35.5. The van der Waals surface area contributed by atoms with Gasteiger partial charge in [-0.3, -0.25) is 0 Å². The van der Waals surface area contributed by atoms with Crippen LogP contribution >= 0.6 is 23.2 Å². The van der Waals surface area contributed by atoms with Crippen LogP contribution in [0.5, 0.6) is 5.75 Å². The van der Waals surface area contributed by atoms with Crippen LogP contribution < -0.4 is 10.5 Å². The summed E-state index contributed by atoms with van der Waals surface area (Å²) < 4.78 is 5.21. The largest absolute Gasteiger partial charge is 0.497 e. The van der Waals surface area contributed by atoms with Gasteiger partial charge in [-0.25, -0.2) is 0 Å². The van der Waals surface area contributed by atoms with Crippen molar-refractivity contribution in [3.8, 4) is 5.75 Å². The Kier molecular flexibility index (Phi) is 5.48. The van der Waals surface area contributed by atoms with Crippen LogP contribution in [-0.2, 0) is 0 Å². The molecule has 0 aromatic heterocycles. The molecule has 3 nitrogen and oxygen atoms in total. The Morgan fingerprint density at radius 1 is 1.19 bits per heavy atom. The molecule has 0 saturated heterocycles. The van der Waals surface area contributed by atoms with Gasteiger partial charge in [-0.15, -0.1) is 0 Å². The minimum absolute atomic E-state index is 0.275. The number of rotatable bonds is 5. The Labute approximate surface area is 134 Å². The van der Waals surface area contributed by atoms with Gasteiger partial charge in [0.25, 0.3) is 0 Å². The van der Waals surface area contributed by atoms with Gasteiger partial charge in [0.1, 0.15) is 5.75 Å². The molecule has 0 fully saturated rings. The van der Waals surface area contributed by atoms with Crippen molar-refractivity contribution in [2.45, 2.75) is 12.0 Å². The van der Waals surface area contributed by atoms with E-state index in [0.29, 0.717) is 15.6 Å². The predicted molar refractivity (Wildman–Crippen MR) is 86.2 cm³/mol. The molecule has 0 aliphatic heterocycles.